The summed E-state index contributed by atoms with van der Waals surface area (Å²) < 4.78 is 6.86. The average molecular weight is 392 g/mol. The van der Waals surface area contributed by atoms with Gasteiger partial charge in [0.15, 0.2) is 0 Å². The molecule has 1 aliphatic heterocycles. The van der Waals surface area contributed by atoms with Gasteiger partial charge in [-0.25, -0.2) is 0 Å². The number of aromatic nitrogens is 3. The molecule has 2 aromatic heterocycles. The highest BCUT2D eigenvalue weighted by atomic mass is 35.5. The topological polar surface area (TPSA) is 72.3 Å². The first-order valence-corrected chi connectivity index (χ1v) is 9.54. The first kappa shape index (κ1) is 19.6. The molecule has 1 aliphatic rings. The van der Waals surface area contributed by atoms with E-state index in [1.165, 1.54) is 0 Å². The highest BCUT2D eigenvalue weighted by molar-refractivity contribution is 6.30. The van der Waals surface area contributed by atoms with Crippen molar-refractivity contribution in [1.82, 2.24) is 25.0 Å². The highest BCUT2D eigenvalue weighted by Crippen LogP contribution is 2.24. The Kier molecular flexibility index (Phi) is 6.34. The zero-order valence-corrected chi connectivity index (χ0v) is 16.8. The molecule has 0 unspecified atom stereocenters. The summed E-state index contributed by atoms with van der Waals surface area (Å²) in [5.41, 5.74) is 2.48. The van der Waals surface area contributed by atoms with E-state index in [-0.39, 0.29) is 5.91 Å². The minimum Gasteiger partial charge on any atom is -0.497 e. The van der Waals surface area contributed by atoms with E-state index in [9.17, 15) is 4.79 Å². The molecule has 0 atom stereocenters. The maximum absolute atomic E-state index is 12.3. The first-order valence-electron chi connectivity index (χ1n) is 9.16. The lowest BCUT2D eigenvalue weighted by atomic mass is 9.96. The number of carbonyl (C=O) groups is 1. The van der Waals surface area contributed by atoms with Crippen LogP contribution in [0.3, 0.4) is 0 Å². The lowest BCUT2D eigenvalue weighted by Gasteiger charge is -2.32. The summed E-state index contributed by atoms with van der Waals surface area (Å²) >= 11 is 6.34. The van der Waals surface area contributed by atoms with Crippen LogP contribution in [0.1, 0.15) is 34.6 Å². The third-order valence-corrected chi connectivity index (χ3v) is 5.58. The number of likely N-dealkylation sites (tertiary alicyclic amines) is 1. The Morgan fingerprint density at radius 2 is 2.15 bits per heavy atom. The van der Waals surface area contributed by atoms with E-state index in [1.807, 2.05) is 14.0 Å². The van der Waals surface area contributed by atoms with Crippen molar-refractivity contribution in [3.8, 4) is 5.75 Å². The molecule has 0 radical (unpaired) electrons. The van der Waals surface area contributed by atoms with Crippen LogP contribution in [0, 0.1) is 12.8 Å². The predicted octanol–water partition coefficient (Wildman–Crippen LogP) is 2.43. The summed E-state index contributed by atoms with van der Waals surface area (Å²) in [6.07, 6.45) is 3.67. The number of methoxy groups -OCH3 is 1. The quantitative estimate of drug-likeness (QED) is 0.818. The number of hydrogen-bond acceptors (Lipinski definition) is 5. The van der Waals surface area contributed by atoms with Gasteiger partial charge >= 0.3 is 0 Å². The van der Waals surface area contributed by atoms with Gasteiger partial charge in [0.2, 0.25) is 0 Å². The Balaban J connectivity index is 1.46. The van der Waals surface area contributed by atoms with Gasteiger partial charge in [-0.1, -0.05) is 11.6 Å². The second-order valence-corrected chi connectivity index (χ2v) is 7.35. The molecule has 1 saturated heterocycles. The molecule has 3 heterocycles. The van der Waals surface area contributed by atoms with Crippen LogP contribution in [0.25, 0.3) is 0 Å². The number of piperidine rings is 1. The van der Waals surface area contributed by atoms with Crippen molar-refractivity contribution in [2.24, 2.45) is 13.0 Å². The number of aryl methyl sites for hydroxylation is 2. The molecule has 1 N–H and O–H groups in total. The molecule has 1 fully saturated rings. The summed E-state index contributed by atoms with van der Waals surface area (Å²) in [4.78, 5) is 18.8. The monoisotopic (exact) mass is 391 g/mol. The van der Waals surface area contributed by atoms with Crippen molar-refractivity contribution >= 4 is 17.5 Å². The molecule has 3 rings (SSSR count). The lowest BCUT2D eigenvalue weighted by Crippen LogP contribution is -2.38. The molecule has 7 nitrogen and oxygen atoms in total. The Morgan fingerprint density at radius 3 is 2.78 bits per heavy atom. The van der Waals surface area contributed by atoms with Gasteiger partial charge in [-0.2, -0.15) is 5.10 Å². The predicted molar refractivity (Wildman–Crippen MR) is 104 cm³/mol. The van der Waals surface area contributed by atoms with Crippen LogP contribution in [0.5, 0.6) is 5.75 Å². The zero-order chi connectivity index (χ0) is 19.4. The second kappa shape index (κ2) is 8.71. The largest absolute Gasteiger partial charge is 0.497 e. The molecule has 0 spiro atoms. The molecule has 0 bridgehead atoms. The minimum atomic E-state index is -0.158. The smallest absolute Gasteiger partial charge is 0.270 e. The SMILES string of the molecule is COc1ccnc(C(=O)NCC2CCN(Cc3c(C)nn(C)c3Cl)CC2)c1. The Bertz CT molecular complexity index is 799. The summed E-state index contributed by atoms with van der Waals surface area (Å²) in [6.45, 7) is 5.46. The van der Waals surface area contributed by atoms with E-state index < -0.39 is 0 Å². The van der Waals surface area contributed by atoms with Crippen molar-refractivity contribution in [3.63, 3.8) is 0 Å². The van der Waals surface area contributed by atoms with Crippen LogP contribution in [0.15, 0.2) is 18.3 Å². The molecule has 146 valence electrons. The van der Waals surface area contributed by atoms with Crippen LogP contribution in [0.4, 0.5) is 0 Å². The van der Waals surface area contributed by atoms with Gasteiger partial charge in [0.25, 0.3) is 5.91 Å². The van der Waals surface area contributed by atoms with Crippen LogP contribution in [-0.2, 0) is 13.6 Å². The molecule has 1 amide bonds. The third-order valence-electron chi connectivity index (χ3n) is 5.11. The average Bonchev–Trinajstić information content (AvgIpc) is 2.93. The lowest BCUT2D eigenvalue weighted by molar-refractivity contribution is 0.0930. The first-order chi connectivity index (χ1) is 13.0. The van der Waals surface area contributed by atoms with Gasteiger partial charge in [-0.05, 0) is 44.8 Å². The molecule has 0 aromatic carbocycles. The summed E-state index contributed by atoms with van der Waals surface area (Å²) in [5, 5.41) is 8.09. The molecular formula is C19H26ClN5O2. The fraction of sp³-hybridized carbons (Fsp3) is 0.526. The van der Waals surface area contributed by atoms with E-state index in [1.54, 1.807) is 30.1 Å². The number of amides is 1. The van der Waals surface area contributed by atoms with Crippen molar-refractivity contribution in [3.05, 3.63) is 40.4 Å². The van der Waals surface area contributed by atoms with Gasteiger partial charge in [-0.15, -0.1) is 0 Å². The maximum atomic E-state index is 12.3. The van der Waals surface area contributed by atoms with Gasteiger partial charge in [0.05, 0.1) is 12.8 Å². The Labute approximate surface area is 164 Å². The zero-order valence-electron chi connectivity index (χ0n) is 16.0. The summed E-state index contributed by atoms with van der Waals surface area (Å²) in [5.74, 6) is 0.947. The van der Waals surface area contributed by atoms with Crippen molar-refractivity contribution < 1.29 is 9.53 Å². The van der Waals surface area contributed by atoms with Crippen molar-refractivity contribution in [2.75, 3.05) is 26.7 Å². The fourth-order valence-corrected chi connectivity index (χ4v) is 3.65. The normalized spacial score (nSPS) is 15.7. The van der Waals surface area contributed by atoms with E-state index >= 15 is 0 Å². The number of nitrogens with zero attached hydrogens (tertiary/aromatic N) is 4. The molecule has 2 aromatic rings. The maximum Gasteiger partial charge on any atom is 0.270 e. The van der Waals surface area contributed by atoms with E-state index in [2.05, 4.69) is 20.3 Å². The number of hydrogen-bond donors (Lipinski definition) is 1. The minimum absolute atomic E-state index is 0.158. The van der Waals surface area contributed by atoms with Crippen molar-refractivity contribution in [2.45, 2.75) is 26.3 Å². The second-order valence-electron chi connectivity index (χ2n) is 6.99. The van der Waals surface area contributed by atoms with Crippen molar-refractivity contribution in [1.29, 1.82) is 0 Å². The van der Waals surface area contributed by atoms with Crippen LogP contribution < -0.4 is 10.1 Å². The number of nitrogens with one attached hydrogen (secondary N) is 1. The number of halogens is 1. The number of carbonyl (C=O) groups excluding carboxylic acids is 1. The molecule has 0 aliphatic carbocycles. The van der Waals surface area contributed by atoms with E-state index in [0.29, 0.717) is 29.1 Å². The number of ether oxygens (including phenoxy) is 1. The molecular weight excluding hydrogens is 366 g/mol. The standard InChI is InChI=1S/C19H26ClN5O2/c1-13-16(18(20)24(2)23-13)12-25-8-5-14(6-9-25)11-22-19(26)17-10-15(27-3)4-7-21-17/h4,7,10,14H,5-6,8-9,11-12H2,1-3H3,(H,22,26). The van der Waals surface area contributed by atoms with Gasteiger partial charge in [-0.3, -0.25) is 19.4 Å². The summed E-state index contributed by atoms with van der Waals surface area (Å²) in [7, 11) is 3.44. The molecule has 8 heteroatoms. The van der Waals surface area contributed by atoms with Gasteiger partial charge in [0.1, 0.15) is 16.6 Å². The third kappa shape index (κ3) is 4.78. The Morgan fingerprint density at radius 1 is 1.41 bits per heavy atom. The van der Waals surface area contributed by atoms with Crippen LogP contribution in [-0.4, -0.2) is 52.3 Å². The Hall–Kier alpha value is -2.12. The van der Waals surface area contributed by atoms with Crippen LogP contribution in [0.2, 0.25) is 5.15 Å². The number of rotatable bonds is 6. The van der Waals surface area contributed by atoms with Gasteiger partial charge < -0.3 is 10.1 Å². The van der Waals surface area contributed by atoms with E-state index in [4.69, 9.17) is 16.3 Å². The van der Waals surface area contributed by atoms with Crippen LogP contribution >= 0.6 is 11.6 Å². The fourth-order valence-electron chi connectivity index (χ4n) is 3.42. The van der Waals surface area contributed by atoms with E-state index in [0.717, 1.165) is 43.7 Å². The molecule has 0 saturated carbocycles. The summed E-state index contributed by atoms with van der Waals surface area (Å²) in [6, 6.07) is 3.38. The molecule has 27 heavy (non-hydrogen) atoms. The highest BCUT2D eigenvalue weighted by Gasteiger charge is 2.22. The number of pyridine rings is 1. The van der Waals surface area contributed by atoms with Gasteiger partial charge in [0, 0.05) is 38.0 Å².